The van der Waals surface area contributed by atoms with E-state index in [1.54, 1.807) is 62.4 Å². The van der Waals surface area contributed by atoms with Crippen molar-refractivity contribution >= 4 is 133 Å². The molecule has 0 fully saturated rings. The number of benzene rings is 10. The molecule has 10 aromatic rings. The minimum absolute atomic E-state index is 0.0682. The van der Waals surface area contributed by atoms with Gasteiger partial charge in [-0.2, -0.15) is 0 Å². The minimum Gasteiger partial charge on any atom is -0.377 e. The van der Waals surface area contributed by atoms with Crippen LogP contribution in [0.25, 0.3) is 86.2 Å². The molecule has 14 rings (SSSR count). The Morgan fingerprint density at radius 1 is 0.320 bits per heavy atom. The summed E-state index contributed by atoms with van der Waals surface area (Å²) in [4.78, 5) is 118. The van der Waals surface area contributed by atoms with Crippen LogP contribution in [0.4, 0.5) is 0 Å². The molecule has 4 heterocycles. The SMILES string of the molecule is CCCCN1C(=O)c2ccc3c4ccc5c6c(ccc(c7ccc(c2c37)C1=O)c64)C(=O)N(C(C)COCC(C)N1C(=O)c2ccc3c4ccc6c7c(ccc(c8ccc(c2c38)C1=O)c74)C(=O)N(CCCC)C6=O)C5=O. The van der Waals surface area contributed by atoms with E-state index in [0.29, 0.717) is 92.0 Å². The molecule has 13 heteroatoms. The Balaban J connectivity index is 0.737. The fraction of sp³-hybridized carbons (Fsp3) is 0.226. The highest BCUT2D eigenvalue weighted by atomic mass is 16.5. The molecule has 0 spiro atoms. The molecule has 4 aliphatic rings. The summed E-state index contributed by atoms with van der Waals surface area (Å²) in [6, 6.07) is 27.7. The second kappa shape index (κ2) is 15.9. The summed E-state index contributed by atoms with van der Waals surface area (Å²) in [6.45, 7) is 8.05. The highest BCUT2D eigenvalue weighted by Gasteiger charge is 2.41. The van der Waals surface area contributed by atoms with Crippen LogP contribution in [0.3, 0.4) is 0 Å². The number of fused-ring (bicyclic) bond motifs is 4. The van der Waals surface area contributed by atoms with E-state index in [-0.39, 0.29) is 36.8 Å². The third-order valence-corrected chi connectivity index (χ3v) is 16.6. The van der Waals surface area contributed by atoms with Crippen LogP contribution in [0.2, 0.25) is 0 Å². The van der Waals surface area contributed by atoms with Gasteiger partial charge < -0.3 is 4.74 Å². The lowest BCUT2D eigenvalue weighted by Crippen LogP contribution is -2.49. The van der Waals surface area contributed by atoms with Crippen LogP contribution < -0.4 is 0 Å². The van der Waals surface area contributed by atoms with Gasteiger partial charge in [0.15, 0.2) is 0 Å². The van der Waals surface area contributed by atoms with Gasteiger partial charge in [0.05, 0.1) is 25.3 Å². The third kappa shape index (κ3) is 5.76. The van der Waals surface area contributed by atoms with Crippen molar-refractivity contribution in [3.05, 3.63) is 142 Å². The summed E-state index contributed by atoms with van der Waals surface area (Å²) in [5, 5.41) is 11.9. The lowest BCUT2D eigenvalue weighted by molar-refractivity contribution is 0.0235. The molecule has 0 aliphatic carbocycles. The second-order valence-electron chi connectivity index (χ2n) is 20.7. The van der Waals surface area contributed by atoms with Crippen LogP contribution >= 0.6 is 0 Å². The number of hydrogen-bond acceptors (Lipinski definition) is 9. The number of ether oxygens (including phenoxy) is 1. The van der Waals surface area contributed by atoms with Crippen molar-refractivity contribution in [2.45, 2.75) is 65.5 Å². The molecule has 2 unspecified atom stereocenters. The van der Waals surface area contributed by atoms with E-state index in [1.165, 1.54) is 19.6 Å². The molecule has 4 aliphatic heterocycles. The quantitative estimate of drug-likeness (QED) is 0.0659. The van der Waals surface area contributed by atoms with E-state index in [0.717, 1.165) is 77.5 Å². The van der Waals surface area contributed by atoms with Gasteiger partial charge in [0, 0.05) is 79.1 Å². The highest BCUT2D eigenvalue weighted by molar-refractivity contribution is 6.43. The Labute approximate surface area is 427 Å². The van der Waals surface area contributed by atoms with E-state index >= 15 is 0 Å². The van der Waals surface area contributed by atoms with Crippen molar-refractivity contribution in [1.82, 2.24) is 19.6 Å². The zero-order valence-electron chi connectivity index (χ0n) is 41.5. The Hall–Kier alpha value is -8.68. The van der Waals surface area contributed by atoms with Crippen molar-refractivity contribution in [2.75, 3.05) is 26.3 Å². The fourth-order valence-electron chi connectivity index (χ4n) is 13.1. The predicted molar refractivity (Wildman–Crippen MR) is 287 cm³/mol. The molecular formula is C62H46N4O9. The van der Waals surface area contributed by atoms with E-state index in [1.807, 2.05) is 62.4 Å². The van der Waals surface area contributed by atoms with Crippen LogP contribution in [0.5, 0.6) is 0 Å². The number of carbonyl (C=O) groups is 8. The van der Waals surface area contributed by atoms with Gasteiger partial charge in [0.1, 0.15) is 0 Å². The summed E-state index contributed by atoms with van der Waals surface area (Å²) in [7, 11) is 0. The Bertz CT molecular complexity index is 3870. The van der Waals surface area contributed by atoms with E-state index in [4.69, 9.17) is 4.74 Å². The molecule has 2 atom stereocenters. The fourth-order valence-corrected chi connectivity index (χ4v) is 13.1. The van der Waals surface area contributed by atoms with Crippen molar-refractivity contribution < 1.29 is 43.1 Å². The maximum Gasteiger partial charge on any atom is 0.261 e. The number of unbranched alkanes of at least 4 members (excludes halogenated alkanes) is 2. The van der Waals surface area contributed by atoms with Gasteiger partial charge in [0.25, 0.3) is 47.3 Å². The van der Waals surface area contributed by atoms with Crippen LogP contribution in [-0.2, 0) is 4.74 Å². The smallest absolute Gasteiger partial charge is 0.261 e. The number of amides is 8. The van der Waals surface area contributed by atoms with E-state index in [9.17, 15) is 38.4 Å². The molecule has 0 saturated heterocycles. The van der Waals surface area contributed by atoms with Gasteiger partial charge in [0.2, 0.25) is 0 Å². The van der Waals surface area contributed by atoms with Crippen molar-refractivity contribution in [3.63, 3.8) is 0 Å². The molecule has 0 saturated carbocycles. The summed E-state index contributed by atoms with van der Waals surface area (Å²) in [6.07, 6.45) is 3.10. The zero-order chi connectivity index (χ0) is 51.6. The van der Waals surface area contributed by atoms with Gasteiger partial charge in [-0.05, 0) is 140 Å². The molecule has 0 bridgehead atoms. The largest absolute Gasteiger partial charge is 0.377 e. The van der Waals surface area contributed by atoms with Crippen LogP contribution in [-0.4, -0.2) is 105 Å². The Morgan fingerprint density at radius 3 is 0.747 bits per heavy atom. The maximum atomic E-state index is 14.5. The Kier molecular flexibility index (Phi) is 9.54. The average Bonchev–Trinajstić information content (AvgIpc) is 3.49. The summed E-state index contributed by atoms with van der Waals surface area (Å²) >= 11 is 0. The second-order valence-corrected chi connectivity index (χ2v) is 20.7. The summed E-state index contributed by atoms with van der Waals surface area (Å²) < 4.78 is 6.21. The normalized spacial score (nSPS) is 16.5. The molecule has 0 N–H and O–H groups in total. The monoisotopic (exact) mass is 990 g/mol. The van der Waals surface area contributed by atoms with E-state index in [2.05, 4.69) is 0 Å². The molecule has 13 nitrogen and oxygen atoms in total. The predicted octanol–water partition coefficient (Wildman–Crippen LogP) is 11.3. The first-order valence-corrected chi connectivity index (χ1v) is 25.8. The first-order valence-electron chi connectivity index (χ1n) is 25.8. The maximum absolute atomic E-state index is 14.5. The molecule has 0 aromatic heterocycles. The number of hydrogen-bond donors (Lipinski definition) is 0. The molecule has 8 amide bonds. The number of imide groups is 4. The number of carbonyl (C=O) groups excluding carboxylic acids is 8. The first-order chi connectivity index (χ1) is 36.4. The lowest BCUT2D eigenvalue weighted by Gasteiger charge is -2.34. The minimum atomic E-state index is -0.731. The standard InChI is InChI=1S/C62H46N4O9/c1-5-7-25-63-55(67)39-17-9-31-35-13-21-43-53-44(22-14-36(49(35)53)32-10-18-40(56(63)68)51(39)47(31)32)60(72)65(59(43)71)29(3)27-75-28-30(4)66-61(73)45-23-15-37-33-11-19-41-52-42(58(70)64(57(41)69)26-8-6-2)20-12-34(48(33)52)38-16-24-46(62(66)74)54(45)50(37)38/h9-24,29-30H,5-8,25-28H2,1-4H3. The summed E-state index contributed by atoms with van der Waals surface area (Å²) in [5.41, 5.74) is 3.37. The summed E-state index contributed by atoms with van der Waals surface area (Å²) in [5.74, 6) is -3.14. The molecule has 10 aromatic carbocycles. The van der Waals surface area contributed by atoms with Crippen molar-refractivity contribution in [3.8, 4) is 0 Å². The van der Waals surface area contributed by atoms with Crippen LogP contribution in [0.15, 0.2) is 97.1 Å². The number of rotatable bonds is 12. The molecule has 0 radical (unpaired) electrons. The molecular weight excluding hydrogens is 945 g/mol. The van der Waals surface area contributed by atoms with Gasteiger partial charge in [-0.1, -0.05) is 75.2 Å². The Morgan fingerprint density at radius 2 is 0.533 bits per heavy atom. The van der Waals surface area contributed by atoms with Gasteiger partial charge >= 0.3 is 0 Å². The first kappa shape index (κ1) is 45.0. The molecule has 368 valence electrons. The van der Waals surface area contributed by atoms with Crippen molar-refractivity contribution in [1.29, 1.82) is 0 Å². The highest BCUT2D eigenvalue weighted by Crippen LogP contribution is 2.49. The van der Waals surface area contributed by atoms with Crippen LogP contribution in [0, 0.1) is 0 Å². The molecule has 75 heavy (non-hydrogen) atoms. The topological polar surface area (TPSA) is 159 Å². The third-order valence-electron chi connectivity index (χ3n) is 16.6. The van der Waals surface area contributed by atoms with Gasteiger partial charge in [-0.25, -0.2) is 0 Å². The van der Waals surface area contributed by atoms with Gasteiger partial charge in [-0.15, -0.1) is 0 Å². The van der Waals surface area contributed by atoms with Crippen LogP contribution in [0.1, 0.15) is 136 Å². The zero-order valence-corrected chi connectivity index (χ0v) is 41.5. The van der Waals surface area contributed by atoms with E-state index < -0.39 is 35.7 Å². The lowest BCUT2D eigenvalue weighted by atomic mass is 9.82. The van der Waals surface area contributed by atoms with Crippen molar-refractivity contribution in [2.24, 2.45) is 0 Å². The van der Waals surface area contributed by atoms with Gasteiger partial charge in [-0.3, -0.25) is 58.0 Å². The average molecular weight is 991 g/mol. The number of nitrogens with zero attached hydrogens (tertiary/aromatic N) is 4.